The molecule has 0 fully saturated rings. The zero-order valence-corrected chi connectivity index (χ0v) is 10.3. The van der Waals surface area contributed by atoms with E-state index in [1.165, 1.54) is 27.0 Å². The van der Waals surface area contributed by atoms with Crippen LogP contribution < -0.4 is 4.90 Å². The van der Waals surface area contributed by atoms with Crippen molar-refractivity contribution in [3.63, 3.8) is 0 Å². The maximum Gasteiger partial charge on any atom is 0.405 e. The van der Waals surface area contributed by atoms with Gasteiger partial charge in [0.15, 0.2) is 0 Å². The third kappa shape index (κ3) is 3.60. The molecule has 0 aliphatic rings. The van der Waals surface area contributed by atoms with E-state index in [0.29, 0.717) is 0 Å². The molecule has 0 spiro atoms. The van der Waals surface area contributed by atoms with Crippen LogP contribution in [-0.2, 0) is 0 Å². The van der Waals surface area contributed by atoms with Crippen LogP contribution in [0.15, 0.2) is 12.1 Å². The van der Waals surface area contributed by atoms with E-state index in [-0.39, 0.29) is 16.8 Å². The summed E-state index contributed by atoms with van der Waals surface area (Å²) in [5.74, 6) is -0.546. The lowest BCUT2D eigenvalue weighted by Crippen LogP contribution is -2.31. The summed E-state index contributed by atoms with van der Waals surface area (Å²) < 4.78 is 50.3. The van der Waals surface area contributed by atoms with Gasteiger partial charge in [0.05, 0.1) is 6.10 Å². The lowest BCUT2D eigenvalue weighted by atomic mass is 10.0. The predicted octanol–water partition coefficient (Wildman–Crippen LogP) is 3.19. The zero-order valence-electron chi connectivity index (χ0n) is 10.3. The summed E-state index contributed by atoms with van der Waals surface area (Å²) >= 11 is 0. The average Bonchev–Trinajstić information content (AvgIpc) is 2.18. The molecule has 1 aromatic rings. The number of rotatable bonds is 3. The van der Waals surface area contributed by atoms with Gasteiger partial charge in [0, 0.05) is 18.3 Å². The van der Waals surface area contributed by atoms with Crippen LogP contribution in [0.4, 0.5) is 23.2 Å². The van der Waals surface area contributed by atoms with Gasteiger partial charge in [-0.3, -0.25) is 0 Å². The van der Waals surface area contributed by atoms with Crippen molar-refractivity contribution in [3.05, 3.63) is 29.1 Å². The molecule has 1 aromatic carbocycles. The van der Waals surface area contributed by atoms with E-state index in [1.807, 2.05) is 0 Å². The van der Waals surface area contributed by atoms with Crippen LogP contribution in [0.25, 0.3) is 0 Å². The van der Waals surface area contributed by atoms with E-state index in [4.69, 9.17) is 0 Å². The molecule has 1 N–H and O–H groups in total. The molecule has 102 valence electrons. The molecule has 0 heterocycles. The number of hydrogen-bond donors (Lipinski definition) is 1. The van der Waals surface area contributed by atoms with E-state index in [9.17, 15) is 22.7 Å². The number of alkyl halides is 3. The van der Waals surface area contributed by atoms with Crippen molar-refractivity contribution >= 4 is 5.69 Å². The second kappa shape index (κ2) is 5.14. The first-order valence-electron chi connectivity index (χ1n) is 5.38. The highest BCUT2D eigenvalue weighted by molar-refractivity contribution is 5.56. The maximum absolute atomic E-state index is 13.4. The maximum atomic E-state index is 13.4. The van der Waals surface area contributed by atoms with E-state index in [1.54, 1.807) is 0 Å². The van der Waals surface area contributed by atoms with E-state index < -0.39 is 24.6 Å². The normalized spacial score (nSPS) is 13.6. The third-order valence-corrected chi connectivity index (χ3v) is 2.59. The van der Waals surface area contributed by atoms with Crippen molar-refractivity contribution in [2.24, 2.45) is 0 Å². The molecule has 6 heteroatoms. The molecular formula is C12H15F4NO. The molecule has 2 nitrogen and oxygen atoms in total. The molecule has 0 saturated carbocycles. The summed E-state index contributed by atoms with van der Waals surface area (Å²) in [5.41, 5.74) is 0.564. The van der Waals surface area contributed by atoms with Crippen LogP contribution in [0.1, 0.15) is 24.2 Å². The molecule has 0 radical (unpaired) electrons. The Balaban J connectivity index is 3.17. The Hall–Kier alpha value is -1.30. The first kappa shape index (κ1) is 14.8. The van der Waals surface area contributed by atoms with Crippen LogP contribution in [-0.4, -0.2) is 24.9 Å². The summed E-state index contributed by atoms with van der Waals surface area (Å²) in [6.45, 7) is 1.69. The Bertz CT molecular complexity index is 429. The van der Waals surface area contributed by atoms with Gasteiger partial charge >= 0.3 is 6.18 Å². The second-order valence-corrected chi connectivity index (χ2v) is 4.31. The Morgan fingerprint density at radius 2 is 1.89 bits per heavy atom. The monoisotopic (exact) mass is 265 g/mol. The first-order valence-corrected chi connectivity index (χ1v) is 5.38. The van der Waals surface area contributed by atoms with Crippen LogP contribution >= 0.6 is 0 Å². The average molecular weight is 265 g/mol. The van der Waals surface area contributed by atoms with Gasteiger partial charge in [0.25, 0.3) is 0 Å². The molecule has 0 aliphatic heterocycles. The molecule has 1 rings (SSSR count). The number of aliphatic hydroxyl groups is 1. The van der Waals surface area contributed by atoms with Crippen molar-refractivity contribution in [2.45, 2.75) is 26.1 Å². The summed E-state index contributed by atoms with van der Waals surface area (Å²) in [6.07, 6.45) is -5.39. The summed E-state index contributed by atoms with van der Waals surface area (Å²) in [6, 6.07) is 2.38. The standard InChI is InChI=1S/C12H15F4NO/c1-7-4-11(17(3)6-12(14,15)16)9(8(2)18)5-10(7)13/h4-5,8,18H,6H2,1-3H3. The molecule has 0 amide bonds. The third-order valence-electron chi connectivity index (χ3n) is 2.59. The van der Waals surface area contributed by atoms with E-state index in [2.05, 4.69) is 0 Å². The van der Waals surface area contributed by atoms with E-state index in [0.717, 1.165) is 11.0 Å². The highest BCUT2D eigenvalue weighted by atomic mass is 19.4. The number of anilines is 1. The number of aliphatic hydroxyl groups excluding tert-OH is 1. The minimum atomic E-state index is -4.35. The molecule has 0 aliphatic carbocycles. The van der Waals surface area contributed by atoms with Crippen molar-refractivity contribution in [1.82, 2.24) is 0 Å². The summed E-state index contributed by atoms with van der Waals surface area (Å²) in [5, 5.41) is 9.49. The van der Waals surface area contributed by atoms with Crippen molar-refractivity contribution < 1.29 is 22.7 Å². The minimum Gasteiger partial charge on any atom is -0.389 e. The number of halogens is 4. The van der Waals surface area contributed by atoms with Gasteiger partial charge < -0.3 is 10.0 Å². The molecule has 0 aromatic heterocycles. The number of aryl methyl sites for hydroxylation is 1. The van der Waals surface area contributed by atoms with Crippen LogP contribution in [0.3, 0.4) is 0 Å². The minimum absolute atomic E-state index is 0.143. The largest absolute Gasteiger partial charge is 0.405 e. The number of hydrogen-bond acceptors (Lipinski definition) is 2. The summed E-state index contributed by atoms with van der Waals surface area (Å²) in [7, 11) is 1.26. The van der Waals surface area contributed by atoms with Gasteiger partial charge in [-0.25, -0.2) is 4.39 Å². The van der Waals surface area contributed by atoms with Gasteiger partial charge in [-0.2, -0.15) is 13.2 Å². The Morgan fingerprint density at radius 1 is 1.33 bits per heavy atom. The van der Waals surface area contributed by atoms with Crippen LogP contribution in [0, 0.1) is 12.7 Å². The number of nitrogens with zero attached hydrogens (tertiary/aromatic N) is 1. The van der Waals surface area contributed by atoms with Crippen molar-refractivity contribution in [3.8, 4) is 0 Å². The fourth-order valence-corrected chi connectivity index (χ4v) is 1.70. The molecule has 0 bridgehead atoms. The topological polar surface area (TPSA) is 23.5 Å². The van der Waals surface area contributed by atoms with Gasteiger partial charge in [-0.15, -0.1) is 0 Å². The number of benzene rings is 1. The smallest absolute Gasteiger partial charge is 0.389 e. The highest BCUT2D eigenvalue weighted by Gasteiger charge is 2.30. The van der Waals surface area contributed by atoms with Gasteiger partial charge in [-0.1, -0.05) is 0 Å². The Morgan fingerprint density at radius 3 is 2.33 bits per heavy atom. The second-order valence-electron chi connectivity index (χ2n) is 4.31. The van der Waals surface area contributed by atoms with Crippen LogP contribution in [0.5, 0.6) is 0 Å². The van der Waals surface area contributed by atoms with Gasteiger partial charge in [0.2, 0.25) is 0 Å². The summed E-state index contributed by atoms with van der Waals surface area (Å²) in [4.78, 5) is 0.953. The first-order chi connectivity index (χ1) is 8.11. The fourth-order valence-electron chi connectivity index (χ4n) is 1.70. The quantitative estimate of drug-likeness (QED) is 0.848. The van der Waals surface area contributed by atoms with E-state index >= 15 is 0 Å². The van der Waals surface area contributed by atoms with Gasteiger partial charge in [0.1, 0.15) is 12.4 Å². The fraction of sp³-hybridized carbons (Fsp3) is 0.500. The lowest BCUT2D eigenvalue weighted by Gasteiger charge is -2.25. The lowest BCUT2D eigenvalue weighted by molar-refractivity contribution is -0.119. The molecule has 1 atom stereocenters. The Kier molecular flexibility index (Phi) is 4.21. The SMILES string of the molecule is Cc1cc(N(C)CC(F)(F)F)c(C(C)O)cc1F. The predicted molar refractivity (Wildman–Crippen MR) is 61.1 cm³/mol. The van der Waals surface area contributed by atoms with Crippen molar-refractivity contribution in [2.75, 3.05) is 18.5 Å². The van der Waals surface area contributed by atoms with Crippen molar-refractivity contribution in [1.29, 1.82) is 0 Å². The molecular weight excluding hydrogens is 250 g/mol. The molecule has 18 heavy (non-hydrogen) atoms. The molecule has 1 unspecified atom stereocenters. The van der Waals surface area contributed by atoms with Gasteiger partial charge in [-0.05, 0) is 31.5 Å². The van der Waals surface area contributed by atoms with Crippen LogP contribution in [0.2, 0.25) is 0 Å². The zero-order chi connectivity index (χ0) is 14.1. The molecule has 0 saturated heterocycles. The highest BCUT2D eigenvalue weighted by Crippen LogP contribution is 2.30. The Labute approximate surface area is 103 Å².